The average molecular weight is 395 g/mol. The van der Waals surface area contributed by atoms with Crippen molar-refractivity contribution in [2.75, 3.05) is 19.7 Å². The molecular formula is C23H42N2O3. The lowest BCUT2D eigenvalue weighted by molar-refractivity contribution is -0.146. The second-order valence-corrected chi connectivity index (χ2v) is 9.33. The van der Waals surface area contributed by atoms with Crippen LogP contribution in [0.15, 0.2) is 0 Å². The molecule has 1 unspecified atom stereocenters. The van der Waals surface area contributed by atoms with Crippen molar-refractivity contribution in [3.63, 3.8) is 0 Å². The molecule has 3 atom stereocenters. The standard InChI is InChI=1S/C23H42N2O3/c1-18(2)9-6-10-19(3)24-22(26)13-7-14-23(27)28-17-20-11-8-16-25-15-5-4-12-21(20)25/h18-21H,4-17H2,1-3H3,(H,24,26)/t19?,20-,21+/m0/s1. The van der Waals surface area contributed by atoms with Crippen LogP contribution in [0, 0.1) is 11.8 Å². The molecule has 1 N–H and O–H groups in total. The topological polar surface area (TPSA) is 58.6 Å². The molecule has 2 aliphatic rings. The maximum atomic E-state index is 12.1. The van der Waals surface area contributed by atoms with Gasteiger partial charge in [-0.3, -0.25) is 14.5 Å². The van der Waals surface area contributed by atoms with Crippen LogP contribution in [0.2, 0.25) is 0 Å². The number of amides is 1. The minimum atomic E-state index is -0.147. The molecule has 2 rings (SSSR count). The molecule has 0 aromatic carbocycles. The predicted octanol–water partition coefficient (Wildman–Crippen LogP) is 4.30. The first-order chi connectivity index (χ1) is 13.5. The van der Waals surface area contributed by atoms with Crippen molar-refractivity contribution in [3.05, 3.63) is 0 Å². The Morgan fingerprint density at radius 3 is 2.57 bits per heavy atom. The maximum Gasteiger partial charge on any atom is 0.305 e. The van der Waals surface area contributed by atoms with Crippen molar-refractivity contribution in [2.45, 2.75) is 103 Å². The SMILES string of the molecule is CC(C)CCCC(C)NC(=O)CCCC(=O)OC[C@@H]1CCCN2CCCC[C@H]12. The Labute approximate surface area is 172 Å². The number of piperidine rings is 2. The Morgan fingerprint density at radius 2 is 1.79 bits per heavy atom. The first-order valence-corrected chi connectivity index (χ1v) is 11.6. The molecule has 0 spiro atoms. The number of fused-ring (bicyclic) bond motifs is 1. The van der Waals surface area contributed by atoms with Gasteiger partial charge in [-0.05, 0) is 64.5 Å². The van der Waals surface area contributed by atoms with Gasteiger partial charge in [0.2, 0.25) is 5.91 Å². The van der Waals surface area contributed by atoms with E-state index in [-0.39, 0.29) is 17.9 Å². The van der Waals surface area contributed by atoms with Gasteiger partial charge >= 0.3 is 5.97 Å². The fraction of sp³-hybridized carbons (Fsp3) is 0.913. The number of hydrogen-bond acceptors (Lipinski definition) is 4. The number of nitrogens with one attached hydrogen (secondary N) is 1. The van der Waals surface area contributed by atoms with E-state index in [9.17, 15) is 9.59 Å². The molecule has 2 heterocycles. The van der Waals surface area contributed by atoms with E-state index in [2.05, 4.69) is 31.0 Å². The quantitative estimate of drug-likeness (QED) is 0.531. The zero-order valence-electron chi connectivity index (χ0n) is 18.4. The van der Waals surface area contributed by atoms with Crippen molar-refractivity contribution in [3.8, 4) is 0 Å². The molecule has 1 amide bonds. The van der Waals surface area contributed by atoms with Crippen LogP contribution in [0.25, 0.3) is 0 Å². The molecule has 162 valence electrons. The monoisotopic (exact) mass is 394 g/mol. The van der Waals surface area contributed by atoms with Gasteiger partial charge in [0.1, 0.15) is 0 Å². The highest BCUT2D eigenvalue weighted by Crippen LogP contribution is 2.31. The molecule has 2 saturated heterocycles. The molecule has 0 saturated carbocycles. The summed E-state index contributed by atoms with van der Waals surface area (Å²) in [6.45, 7) is 9.48. The third-order valence-corrected chi connectivity index (χ3v) is 6.30. The molecule has 0 aromatic heterocycles. The fourth-order valence-electron chi connectivity index (χ4n) is 4.69. The molecular weight excluding hydrogens is 352 g/mol. The number of rotatable bonds is 11. The largest absolute Gasteiger partial charge is 0.465 e. The minimum absolute atomic E-state index is 0.0509. The number of carbonyl (C=O) groups excluding carboxylic acids is 2. The highest BCUT2D eigenvalue weighted by molar-refractivity contribution is 5.77. The van der Waals surface area contributed by atoms with Gasteiger partial charge in [-0.1, -0.05) is 33.1 Å². The van der Waals surface area contributed by atoms with E-state index in [1.807, 2.05) is 0 Å². The average Bonchev–Trinajstić information content (AvgIpc) is 2.66. The molecule has 5 heteroatoms. The lowest BCUT2D eigenvalue weighted by Crippen LogP contribution is -2.49. The van der Waals surface area contributed by atoms with Crippen LogP contribution >= 0.6 is 0 Å². The zero-order valence-corrected chi connectivity index (χ0v) is 18.4. The minimum Gasteiger partial charge on any atom is -0.465 e. The van der Waals surface area contributed by atoms with Crippen LogP contribution in [0.1, 0.15) is 91.4 Å². The van der Waals surface area contributed by atoms with E-state index >= 15 is 0 Å². The van der Waals surface area contributed by atoms with Crippen LogP contribution in [-0.2, 0) is 14.3 Å². The summed E-state index contributed by atoms with van der Waals surface area (Å²) in [6.07, 6.45) is 10.9. The van der Waals surface area contributed by atoms with E-state index in [1.54, 1.807) is 0 Å². The number of ether oxygens (including phenoxy) is 1. The second-order valence-electron chi connectivity index (χ2n) is 9.33. The van der Waals surface area contributed by atoms with E-state index in [1.165, 1.54) is 51.6 Å². The summed E-state index contributed by atoms with van der Waals surface area (Å²) in [4.78, 5) is 26.7. The van der Waals surface area contributed by atoms with Crippen molar-refractivity contribution in [1.82, 2.24) is 10.2 Å². The molecule has 2 fully saturated rings. The Bertz CT molecular complexity index is 478. The van der Waals surface area contributed by atoms with Crippen molar-refractivity contribution in [2.24, 2.45) is 11.8 Å². The van der Waals surface area contributed by atoms with Gasteiger partial charge < -0.3 is 10.1 Å². The smallest absolute Gasteiger partial charge is 0.305 e. The summed E-state index contributed by atoms with van der Waals surface area (Å²) in [5, 5.41) is 3.05. The van der Waals surface area contributed by atoms with Crippen LogP contribution in [0.5, 0.6) is 0 Å². The van der Waals surface area contributed by atoms with E-state index in [0.717, 1.165) is 12.8 Å². The van der Waals surface area contributed by atoms with Gasteiger partial charge in [-0.2, -0.15) is 0 Å². The van der Waals surface area contributed by atoms with Crippen molar-refractivity contribution >= 4 is 11.9 Å². The summed E-state index contributed by atoms with van der Waals surface area (Å²) < 4.78 is 5.57. The number of nitrogens with zero attached hydrogens (tertiary/aromatic N) is 1. The molecule has 28 heavy (non-hydrogen) atoms. The highest BCUT2D eigenvalue weighted by atomic mass is 16.5. The molecule has 0 aliphatic carbocycles. The summed E-state index contributed by atoms with van der Waals surface area (Å²) in [5.74, 6) is 1.11. The summed E-state index contributed by atoms with van der Waals surface area (Å²) in [6, 6.07) is 0.821. The Hall–Kier alpha value is -1.10. The van der Waals surface area contributed by atoms with Crippen molar-refractivity contribution in [1.29, 1.82) is 0 Å². The van der Waals surface area contributed by atoms with Gasteiger partial charge in [-0.25, -0.2) is 0 Å². The van der Waals surface area contributed by atoms with E-state index < -0.39 is 0 Å². The molecule has 0 radical (unpaired) electrons. The molecule has 0 aromatic rings. The van der Waals surface area contributed by atoms with Crippen molar-refractivity contribution < 1.29 is 14.3 Å². The first kappa shape index (κ1) is 23.2. The summed E-state index contributed by atoms with van der Waals surface area (Å²) in [5.41, 5.74) is 0. The van der Waals surface area contributed by atoms with Gasteiger partial charge in [-0.15, -0.1) is 0 Å². The Balaban J connectivity index is 1.55. The molecule has 5 nitrogen and oxygen atoms in total. The molecule has 2 aliphatic heterocycles. The lowest BCUT2D eigenvalue weighted by atomic mass is 9.84. The van der Waals surface area contributed by atoms with Crippen LogP contribution in [-0.4, -0.2) is 48.6 Å². The summed E-state index contributed by atoms with van der Waals surface area (Å²) in [7, 11) is 0. The fourth-order valence-corrected chi connectivity index (χ4v) is 4.69. The van der Waals surface area contributed by atoms with Crippen LogP contribution in [0.4, 0.5) is 0 Å². The van der Waals surface area contributed by atoms with Gasteiger partial charge in [0, 0.05) is 30.8 Å². The molecule has 0 bridgehead atoms. The number of esters is 1. The van der Waals surface area contributed by atoms with Gasteiger partial charge in [0.05, 0.1) is 6.61 Å². The van der Waals surface area contributed by atoms with E-state index in [4.69, 9.17) is 4.74 Å². The Kier molecular flexibility index (Phi) is 10.3. The Morgan fingerprint density at radius 1 is 1.00 bits per heavy atom. The number of carbonyl (C=O) groups is 2. The van der Waals surface area contributed by atoms with Gasteiger partial charge in [0.25, 0.3) is 0 Å². The predicted molar refractivity (Wildman–Crippen MR) is 113 cm³/mol. The highest BCUT2D eigenvalue weighted by Gasteiger charge is 2.33. The van der Waals surface area contributed by atoms with Crippen LogP contribution < -0.4 is 5.32 Å². The third kappa shape index (κ3) is 8.50. The first-order valence-electron chi connectivity index (χ1n) is 11.6. The van der Waals surface area contributed by atoms with E-state index in [0.29, 0.717) is 43.7 Å². The maximum absolute atomic E-state index is 12.1. The lowest BCUT2D eigenvalue weighted by Gasteiger charge is -2.44. The normalized spacial score (nSPS) is 23.9. The second kappa shape index (κ2) is 12.5. The number of hydrogen-bond donors (Lipinski definition) is 1. The summed E-state index contributed by atoms with van der Waals surface area (Å²) >= 11 is 0. The zero-order chi connectivity index (χ0) is 20.4. The van der Waals surface area contributed by atoms with Gasteiger partial charge in [0.15, 0.2) is 0 Å². The van der Waals surface area contributed by atoms with Crippen LogP contribution in [0.3, 0.4) is 0 Å². The third-order valence-electron chi connectivity index (χ3n) is 6.30.